The zero-order chi connectivity index (χ0) is 8.48. The van der Waals surface area contributed by atoms with Crippen LogP contribution in [0.2, 0.25) is 0 Å². The fraction of sp³-hybridized carbons (Fsp3) is 1.00. The summed E-state index contributed by atoms with van der Waals surface area (Å²) in [5.74, 6) is 0. The van der Waals surface area contributed by atoms with Crippen LogP contribution < -0.4 is 0 Å². The van der Waals surface area contributed by atoms with Gasteiger partial charge in [-0.1, -0.05) is 6.92 Å². The second-order valence-electron chi connectivity index (χ2n) is 4.36. The van der Waals surface area contributed by atoms with E-state index in [1.165, 1.54) is 12.8 Å². The molecule has 11 heavy (non-hydrogen) atoms. The van der Waals surface area contributed by atoms with Crippen LogP contribution >= 0.6 is 0 Å². The van der Waals surface area contributed by atoms with E-state index in [9.17, 15) is 0 Å². The Bertz CT molecular complexity index is 130. The molecule has 1 aliphatic rings. The molecule has 0 heterocycles. The van der Waals surface area contributed by atoms with Crippen molar-refractivity contribution in [3.05, 3.63) is 0 Å². The summed E-state index contributed by atoms with van der Waals surface area (Å²) in [4.78, 5) is 2.22. The summed E-state index contributed by atoms with van der Waals surface area (Å²) in [6.45, 7) is 6.09. The number of aliphatic hydroxyl groups excluding tert-OH is 1. The van der Waals surface area contributed by atoms with Gasteiger partial charge in [-0.3, -0.25) is 0 Å². The van der Waals surface area contributed by atoms with Crippen LogP contribution in [0.5, 0.6) is 0 Å². The Hall–Kier alpha value is -0.0800. The Morgan fingerprint density at radius 3 is 2.45 bits per heavy atom. The maximum atomic E-state index is 9.10. The predicted molar refractivity (Wildman–Crippen MR) is 46.5 cm³/mol. The summed E-state index contributed by atoms with van der Waals surface area (Å²) in [5, 5.41) is 9.10. The largest absolute Gasteiger partial charge is 0.392 e. The lowest BCUT2D eigenvalue weighted by atomic mass is 10.1. The third-order valence-corrected chi connectivity index (χ3v) is 2.33. The number of rotatable bonds is 4. The highest BCUT2D eigenvalue weighted by atomic mass is 16.3. The Kier molecular flexibility index (Phi) is 2.55. The van der Waals surface area contributed by atoms with Gasteiger partial charge in [0.15, 0.2) is 0 Å². The summed E-state index contributed by atoms with van der Waals surface area (Å²) < 4.78 is 0. The lowest BCUT2D eigenvalue weighted by Crippen LogP contribution is -2.31. The maximum Gasteiger partial charge on any atom is 0.0638 e. The molecule has 0 bridgehead atoms. The van der Waals surface area contributed by atoms with Crippen LogP contribution in [0.1, 0.15) is 26.7 Å². The Balaban J connectivity index is 2.15. The second kappa shape index (κ2) is 3.11. The van der Waals surface area contributed by atoms with E-state index >= 15 is 0 Å². The minimum Gasteiger partial charge on any atom is -0.392 e. The van der Waals surface area contributed by atoms with Crippen molar-refractivity contribution in [1.29, 1.82) is 0 Å². The van der Waals surface area contributed by atoms with Crippen molar-refractivity contribution in [3.63, 3.8) is 0 Å². The van der Waals surface area contributed by atoms with Gasteiger partial charge in [0.25, 0.3) is 0 Å². The summed E-state index contributed by atoms with van der Waals surface area (Å²) in [6.07, 6.45) is 2.52. The molecule has 0 saturated heterocycles. The molecule has 0 spiro atoms. The van der Waals surface area contributed by atoms with Crippen molar-refractivity contribution in [2.24, 2.45) is 5.41 Å². The first-order valence-electron chi connectivity index (χ1n) is 4.38. The van der Waals surface area contributed by atoms with Crippen molar-refractivity contribution in [2.45, 2.75) is 32.8 Å². The molecule has 0 aromatic rings. The zero-order valence-corrected chi connectivity index (χ0v) is 7.80. The minimum atomic E-state index is -0.192. The van der Waals surface area contributed by atoms with Gasteiger partial charge in [0.05, 0.1) is 6.10 Å². The van der Waals surface area contributed by atoms with E-state index in [4.69, 9.17) is 5.11 Å². The van der Waals surface area contributed by atoms with Gasteiger partial charge in [-0.25, -0.2) is 0 Å². The first-order valence-corrected chi connectivity index (χ1v) is 4.38. The van der Waals surface area contributed by atoms with Crippen LogP contribution in [-0.4, -0.2) is 36.2 Å². The van der Waals surface area contributed by atoms with Gasteiger partial charge < -0.3 is 10.0 Å². The SMILES string of the molecule is CC(O)CN(C)CC1(C)CC1. The molecule has 1 rings (SSSR count). The van der Waals surface area contributed by atoms with Crippen LogP contribution in [0, 0.1) is 5.41 Å². The lowest BCUT2D eigenvalue weighted by molar-refractivity contribution is 0.131. The predicted octanol–water partition coefficient (Wildman–Crippen LogP) is 1.10. The average Bonchev–Trinajstić information content (AvgIpc) is 2.44. The highest BCUT2D eigenvalue weighted by Gasteiger charge is 2.37. The smallest absolute Gasteiger partial charge is 0.0638 e. The maximum absolute atomic E-state index is 9.10. The van der Waals surface area contributed by atoms with E-state index in [-0.39, 0.29) is 6.10 Å². The van der Waals surface area contributed by atoms with E-state index in [1.54, 1.807) is 0 Å². The molecule has 0 aromatic heterocycles. The number of aliphatic hydroxyl groups is 1. The molecule has 0 aliphatic heterocycles. The van der Waals surface area contributed by atoms with Crippen LogP contribution in [-0.2, 0) is 0 Å². The molecule has 2 nitrogen and oxygen atoms in total. The molecule has 1 unspecified atom stereocenters. The van der Waals surface area contributed by atoms with Crippen molar-refractivity contribution in [1.82, 2.24) is 4.90 Å². The Morgan fingerprint density at radius 1 is 1.55 bits per heavy atom. The van der Waals surface area contributed by atoms with Gasteiger partial charge in [-0.2, -0.15) is 0 Å². The average molecular weight is 157 g/mol. The molecular weight excluding hydrogens is 138 g/mol. The van der Waals surface area contributed by atoms with Gasteiger partial charge >= 0.3 is 0 Å². The Labute approximate surface area is 69.2 Å². The highest BCUT2D eigenvalue weighted by Crippen LogP contribution is 2.45. The van der Waals surface area contributed by atoms with Crippen LogP contribution in [0.15, 0.2) is 0 Å². The van der Waals surface area contributed by atoms with Crippen molar-refractivity contribution in [3.8, 4) is 0 Å². The zero-order valence-electron chi connectivity index (χ0n) is 7.80. The van der Waals surface area contributed by atoms with Crippen LogP contribution in [0.4, 0.5) is 0 Å². The van der Waals surface area contributed by atoms with E-state index in [0.717, 1.165) is 13.1 Å². The second-order valence-corrected chi connectivity index (χ2v) is 4.36. The summed E-state index contributed by atoms with van der Waals surface area (Å²) in [5.41, 5.74) is 0.573. The standard InChI is InChI=1S/C9H19NO/c1-8(11)6-10(3)7-9(2)4-5-9/h8,11H,4-7H2,1-3H3. The molecular formula is C9H19NO. The van der Waals surface area contributed by atoms with Crippen molar-refractivity contribution >= 4 is 0 Å². The highest BCUT2D eigenvalue weighted by molar-refractivity contribution is 4.90. The van der Waals surface area contributed by atoms with Crippen molar-refractivity contribution in [2.75, 3.05) is 20.1 Å². The molecule has 2 heteroatoms. The van der Waals surface area contributed by atoms with E-state index < -0.39 is 0 Å². The lowest BCUT2D eigenvalue weighted by Gasteiger charge is -2.21. The fourth-order valence-electron chi connectivity index (χ4n) is 1.54. The van der Waals surface area contributed by atoms with Crippen LogP contribution in [0.3, 0.4) is 0 Å². The van der Waals surface area contributed by atoms with Gasteiger partial charge in [0.1, 0.15) is 0 Å². The monoisotopic (exact) mass is 157 g/mol. The van der Waals surface area contributed by atoms with E-state index in [1.807, 2.05) is 6.92 Å². The minimum absolute atomic E-state index is 0.192. The topological polar surface area (TPSA) is 23.5 Å². The fourth-order valence-corrected chi connectivity index (χ4v) is 1.54. The van der Waals surface area contributed by atoms with Gasteiger partial charge in [0.2, 0.25) is 0 Å². The van der Waals surface area contributed by atoms with Gasteiger partial charge in [0, 0.05) is 13.1 Å². The van der Waals surface area contributed by atoms with Gasteiger partial charge in [-0.15, -0.1) is 0 Å². The molecule has 0 aromatic carbocycles. The third-order valence-electron chi connectivity index (χ3n) is 2.33. The van der Waals surface area contributed by atoms with Crippen LogP contribution in [0.25, 0.3) is 0 Å². The quantitative estimate of drug-likeness (QED) is 0.660. The molecule has 0 radical (unpaired) electrons. The molecule has 66 valence electrons. The number of hydrogen-bond donors (Lipinski definition) is 1. The molecule has 1 aliphatic carbocycles. The molecule has 1 fully saturated rings. The molecule has 1 atom stereocenters. The number of nitrogens with zero attached hydrogens (tertiary/aromatic N) is 1. The first-order chi connectivity index (χ1) is 5.02. The third kappa shape index (κ3) is 3.21. The number of hydrogen-bond acceptors (Lipinski definition) is 2. The summed E-state index contributed by atoms with van der Waals surface area (Å²) in [6, 6.07) is 0. The van der Waals surface area contributed by atoms with E-state index in [0.29, 0.717) is 5.41 Å². The summed E-state index contributed by atoms with van der Waals surface area (Å²) >= 11 is 0. The normalized spacial score (nSPS) is 23.7. The van der Waals surface area contributed by atoms with Crippen molar-refractivity contribution < 1.29 is 5.11 Å². The number of likely N-dealkylation sites (N-methyl/N-ethyl adjacent to an activating group) is 1. The Morgan fingerprint density at radius 2 is 2.09 bits per heavy atom. The summed E-state index contributed by atoms with van der Waals surface area (Å²) in [7, 11) is 2.08. The molecule has 1 saturated carbocycles. The van der Waals surface area contributed by atoms with E-state index in [2.05, 4.69) is 18.9 Å². The molecule has 1 N–H and O–H groups in total. The van der Waals surface area contributed by atoms with Gasteiger partial charge in [-0.05, 0) is 32.2 Å². The molecule has 0 amide bonds. The first kappa shape index (κ1) is 9.01.